The van der Waals surface area contributed by atoms with E-state index in [1.165, 1.54) is 31.4 Å². The van der Waals surface area contributed by atoms with Crippen molar-refractivity contribution in [2.45, 2.75) is 31.9 Å². The molecule has 3 rings (SSSR count). The van der Waals surface area contributed by atoms with Crippen LogP contribution in [0.25, 0.3) is 0 Å². The summed E-state index contributed by atoms with van der Waals surface area (Å²) in [5.74, 6) is 1.57. The van der Waals surface area contributed by atoms with Gasteiger partial charge in [-0.1, -0.05) is 12.5 Å². The van der Waals surface area contributed by atoms with E-state index in [0.717, 1.165) is 24.5 Å². The number of alkyl halides is 3. The summed E-state index contributed by atoms with van der Waals surface area (Å²) in [5, 5.41) is 2.80. The molecule has 2 bridgehead atoms. The van der Waals surface area contributed by atoms with Gasteiger partial charge in [0.15, 0.2) is 0 Å². The molecule has 1 aromatic carbocycles. The summed E-state index contributed by atoms with van der Waals surface area (Å²) >= 11 is 0. The molecule has 2 aliphatic carbocycles. The van der Waals surface area contributed by atoms with Crippen molar-refractivity contribution >= 4 is 5.91 Å². The second-order valence-corrected chi connectivity index (χ2v) is 6.22. The van der Waals surface area contributed by atoms with Crippen LogP contribution in [0.4, 0.5) is 13.2 Å². The number of nitrogens with one attached hydrogen (secondary N) is 1. The molecule has 2 nitrogen and oxygen atoms in total. The molecular weight excluding hydrogens is 279 g/mol. The largest absolute Gasteiger partial charge is 0.416 e. The van der Waals surface area contributed by atoms with Crippen LogP contribution in [-0.4, -0.2) is 12.5 Å². The maximum absolute atomic E-state index is 12.6. The van der Waals surface area contributed by atoms with Gasteiger partial charge >= 0.3 is 6.18 Å². The van der Waals surface area contributed by atoms with Crippen LogP contribution in [0.3, 0.4) is 0 Å². The number of benzene rings is 1. The topological polar surface area (TPSA) is 29.1 Å². The molecule has 1 amide bonds. The maximum Gasteiger partial charge on any atom is 0.416 e. The second-order valence-electron chi connectivity index (χ2n) is 6.22. The number of fused-ring (bicyclic) bond motifs is 2. The molecule has 1 aromatic rings. The molecule has 3 atom stereocenters. The monoisotopic (exact) mass is 297 g/mol. The van der Waals surface area contributed by atoms with E-state index >= 15 is 0 Å². The normalized spacial score (nSPS) is 27.9. The van der Waals surface area contributed by atoms with Crippen molar-refractivity contribution in [1.82, 2.24) is 5.32 Å². The highest BCUT2D eigenvalue weighted by Crippen LogP contribution is 2.47. The lowest BCUT2D eigenvalue weighted by Crippen LogP contribution is -2.31. The van der Waals surface area contributed by atoms with Crippen LogP contribution in [0.5, 0.6) is 0 Å². The molecule has 114 valence electrons. The molecule has 0 aliphatic heterocycles. The number of amides is 1. The van der Waals surface area contributed by atoms with Gasteiger partial charge in [-0.2, -0.15) is 13.2 Å². The van der Waals surface area contributed by atoms with Crippen LogP contribution in [-0.2, 0) is 6.18 Å². The summed E-state index contributed by atoms with van der Waals surface area (Å²) < 4.78 is 37.9. The van der Waals surface area contributed by atoms with Crippen LogP contribution in [0.15, 0.2) is 24.3 Å². The molecule has 0 saturated heterocycles. The first kappa shape index (κ1) is 14.4. The Kier molecular flexibility index (Phi) is 3.68. The third-order valence-corrected chi connectivity index (χ3v) is 4.86. The molecule has 0 aromatic heterocycles. The number of hydrogen-bond donors (Lipinski definition) is 1. The van der Waals surface area contributed by atoms with Gasteiger partial charge in [0.2, 0.25) is 0 Å². The standard InChI is InChI=1S/C16H18F3NO/c17-16(18,19)14-3-1-2-12(8-14)15(21)20-9-13-7-10-4-5-11(13)6-10/h1-3,8,10-11,13H,4-7,9H2,(H,20,21)/t10-,11+,13-/m0/s1. The van der Waals surface area contributed by atoms with Gasteiger partial charge in [0.25, 0.3) is 5.91 Å². The minimum atomic E-state index is -4.42. The fraction of sp³-hybridized carbons (Fsp3) is 0.562. The lowest BCUT2D eigenvalue weighted by Gasteiger charge is -2.21. The summed E-state index contributed by atoms with van der Waals surface area (Å²) in [5.41, 5.74) is -0.706. The average molecular weight is 297 g/mol. The van der Waals surface area contributed by atoms with Crippen molar-refractivity contribution in [3.63, 3.8) is 0 Å². The number of halogens is 3. The van der Waals surface area contributed by atoms with Gasteiger partial charge in [-0.3, -0.25) is 4.79 Å². The van der Waals surface area contributed by atoms with Gasteiger partial charge in [-0.05, 0) is 55.2 Å². The zero-order valence-electron chi connectivity index (χ0n) is 11.6. The van der Waals surface area contributed by atoms with Crippen LogP contribution in [0.2, 0.25) is 0 Å². The zero-order valence-corrected chi connectivity index (χ0v) is 11.6. The third-order valence-electron chi connectivity index (χ3n) is 4.86. The summed E-state index contributed by atoms with van der Waals surface area (Å²) in [6.45, 7) is 0.580. The molecule has 5 heteroatoms. The first-order valence-electron chi connectivity index (χ1n) is 7.39. The Labute approximate surface area is 121 Å². The van der Waals surface area contributed by atoms with E-state index in [1.807, 2.05) is 0 Å². The first-order valence-corrected chi connectivity index (χ1v) is 7.39. The fourth-order valence-electron chi connectivity index (χ4n) is 3.79. The quantitative estimate of drug-likeness (QED) is 0.901. The van der Waals surface area contributed by atoms with Crippen LogP contribution < -0.4 is 5.32 Å². The number of carbonyl (C=O) groups excluding carboxylic acids is 1. The molecule has 0 radical (unpaired) electrons. The molecule has 21 heavy (non-hydrogen) atoms. The Hall–Kier alpha value is -1.52. The van der Waals surface area contributed by atoms with E-state index in [-0.39, 0.29) is 5.56 Å². The highest BCUT2D eigenvalue weighted by atomic mass is 19.4. The van der Waals surface area contributed by atoms with Crippen LogP contribution in [0, 0.1) is 17.8 Å². The van der Waals surface area contributed by atoms with Crippen molar-refractivity contribution < 1.29 is 18.0 Å². The molecule has 0 heterocycles. The summed E-state index contributed by atoms with van der Waals surface area (Å²) in [6.07, 6.45) is 0.510. The van der Waals surface area contributed by atoms with E-state index in [4.69, 9.17) is 0 Å². The lowest BCUT2D eigenvalue weighted by molar-refractivity contribution is -0.137. The van der Waals surface area contributed by atoms with Crippen LogP contribution >= 0.6 is 0 Å². The van der Waals surface area contributed by atoms with E-state index in [1.54, 1.807) is 0 Å². The zero-order chi connectivity index (χ0) is 15.0. The summed E-state index contributed by atoms with van der Waals surface area (Å²) in [6, 6.07) is 4.59. The third kappa shape index (κ3) is 3.06. The fourth-order valence-corrected chi connectivity index (χ4v) is 3.79. The maximum atomic E-state index is 12.6. The molecule has 1 N–H and O–H groups in total. The van der Waals surface area contributed by atoms with Gasteiger partial charge < -0.3 is 5.32 Å². The van der Waals surface area contributed by atoms with E-state index in [9.17, 15) is 18.0 Å². The van der Waals surface area contributed by atoms with E-state index < -0.39 is 17.6 Å². The summed E-state index contributed by atoms with van der Waals surface area (Å²) in [4.78, 5) is 12.0. The molecular formula is C16H18F3NO. The Morgan fingerprint density at radius 3 is 2.67 bits per heavy atom. The Morgan fingerprint density at radius 1 is 1.24 bits per heavy atom. The van der Waals surface area contributed by atoms with Gasteiger partial charge in [-0.15, -0.1) is 0 Å². The van der Waals surface area contributed by atoms with Gasteiger partial charge in [0.1, 0.15) is 0 Å². The summed E-state index contributed by atoms with van der Waals surface area (Å²) in [7, 11) is 0. The second kappa shape index (κ2) is 5.35. The minimum Gasteiger partial charge on any atom is -0.352 e. The molecule has 0 unspecified atom stereocenters. The smallest absolute Gasteiger partial charge is 0.352 e. The van der Waals surface area contributed by atoms with Gasteiger partial charge in [0.05, 0.1) is 5.56 Å². The average Bonchev–Trinajstić information content (AvgIpc) is 3.06. The van der Waals surface area contributed by atoms with E-state index in [2.05, 4.69) is 5.32 Å². The molecule has 2 fully saturated rings. The first-order chi connectivity index (χ1) is 9.93. The number of rotatable bonds is 3. The minimum absolute atomic E-state index is 0.0768. The van der Waals surface area contributed by atoms with Crippen molar-refractivity contribution in [1.29, 1.82) is 0 Å². The van der Waals surface area contributed by atoms with Crippen LogP contribution in [0.1, 0.15) is 41.6 Å². The Morgan fingerprint density at radius 2 is 2.05 bits per heavy atom. The molecule has 2 aliphatic rings. The van der Waals surface area contributed by atoms with Crippen molar-refractivity contribution in [2.24, 2.45) is 17.8 Å². The lowest BCUT2D eigenvalue weighted by atomic mass is 9.89. The highest BCUT2D eigenvalue weighted by molar-refractivity contribution is 5.94. The number of carbonyl (C=O) groups is 1. The van der Waals surface area contributed by atoms with Gasteiger partial charge in [-0.25, -0.2) is 0 Å². The SMILES string of the molecule is O=C(NC[C@@H]1C[C@H]2CC[C@@H]1C2)c1cccc(C(F)(F)F)c1. The van der Waals surface area contributed by atoms with Crippen molar-refractivity contribution in [2.75, 3.05) is 6.54 Å². The van der Waals surface area contributed by atoms with Crippen molar-refractivity contribution in [3.8, 4) is 0 Å². The molecule has 0 spiro atoms. The Bertz CT molecular complexity index is 541. The Balaban J connectivity index is 1.60. The van der Waals surface area contributed by atoms with E-state index in [0.29, 0.717) is 18.4 Å². The highest BCUT2D eigenvalue weighted by Gasteiger charge is 2.39. The number of hydrogen-bond acceptors (Lipinski definition) is 1. The van der Waals surface area contributed by atoms with Gasteiger partial charge in [0, 0.05) is 12.1 Å². The molecule has 2 saturated carbocycles. The predicted molar refractivity (Wildman–Crippen MR) is 72.7 cm³/mol. The predicted octanol–water partition coefficient (Wildman–Crippen LogP) is 3.87. The van der Waals surface area contributed by atoms with Crippen molar-refractivity contribution in [3.05, 3.63) is 35.4 Å².